The van der Waals surface area contributed by atoms with Gasteiger partial charge in [0, 0.05) is 32.2 Å². The lowest BCUT2D eigenvalue weighted by Gasteiger charge is -2.37. The maximum Gasteiger partial charge on any atom is 0.251 e. The molecule has 0 radical (unpaired) electrons. The maximum absolute atomic E-state index is 12.2. The van der Waals surface area contributed by atoms with E-state index in [2.05, 4.69) is 4.90 Å². The fourth-order valence-electron chi connectivity index (χ4n) is 2.78. The first-order valence-electron chi connectivity index (χ1n) is 6.00. The van der Waals surface area contributed by atoms with E-state index in [4.69, 9.17) is 0 Å². The molecule has 4 heteroatoms. The Hall–Kier alpha value is -0.220. The predicted molar refractivity (Wildman–Crippen MR) is 56.3 cm³/mol. The van der Waals surface area contributed by atoms with Gasteiger partial charge in [0.05, 0.1) is 6.54 Å². The van der Waals surface area contributed by atoms with Gasteiger partial charge in [0.1, 0.15) is 0 Å². The van der Waals surface area contributed by atoms with E-state index < -0.39 is 6.43 Å². The summed E-state index contributed by atoms with van der Waals surface area (Å²) in [5.74, 6) is 0. The molecule has 0 aromatic carbocycles. The van der Waals surface area contributed by atoms with E-state index >= 15 is 0 Å². The Morgan fingerprint density at radius 1 is 1.00 bits per heavy atom. The van der Waals surface area contributed by atoms with Crippen LogP contribution in [0.4, 0.5) is 8.78 Å². The molecule has 0 N–H and O–H groups in total. The molecular weight excluding hydrogens is 198 g/mol. The molecule has 2 aliphatic rings. The first-order chi connectivity index (χ1) is 7.25. The summed E-state index contributed by atoms with van der Waals surface area (Å²) in [6.45, 7) is 3.56. The summed E-state index contributed by atoms with van der Waals surface area (Å²) in [5, 5.41) is 0. The van der Waals surface area contributed by atoms with Crippen LogP contribution in [-0.4, -0.2) is 55.0 Å². The molecule has 2 nitrogen and oxygen atoms in total. The zero-order chi connectivity index (χ0) is 10.7. The molecule has 0 unspecified atom stereocenters. The van der Waals surface area contributed by atoms with Gasteiger partial charge >= 0.3 is 0 Å². The van der Waals surface area contributed by atoms with Crippen LogP contribution < -0.4 is 0 Å². The average Bonchev–Trinajstić information content (AvgIpc) is 2.71. The number of rotatable bonds is 3. The summed E-state index contributed by atoms with van der Waals surface area (Å²) in [6.07, 6.45) is 3.15. The van der Waals surface area contributed by atoms with Crippen molar-refractivity contribution >= 4 is 0 Å². The summed E-state index contributed by atoms with van der Waals surface area (Å²) >= 11 is 0. The minimum Gasteiger partial charge on any atom is -0.298 e. The standard InChI is InChI=1S/C11H20F2N2/c12-11(13)9-14-5-7-15(8-6-14)10-3-1-2-4-10/h10-11H,1-9H2. The number of hydrogen-bond acceptors (Lipinski definition) is 2. The van der Waals surface area contributed by atoms with Gasteiger partial charge in [-0.25, -0.2) is 8.78 Å². The van der Waals surface area contributed by atoms with Crippen molar-refractivity contribution in [2.45, 2.75) is 38.2 Å². The smallest absolute Gasteiger partial charge is 0.251 e. The predicted octanol–water partition coefficient (Wildman–Crippen LogP) is 1.81. The molecule has 1 aliphatic heterocycles. The van der Waals surface area contributed by atoms with E-state index in [0.717, 1.165) is 32.2 Å². The molecule has 0 bridgehead atoms. The lowest BCUT2D eigenvalue weighted by Crippen LogP contribution is -2.50. The van der Waals surface area contributed by atoms with Crippen molar-refractivity contribution in [3.63, 3.8) is 0 Å². The molecule has 1 saturated heterocycles. The molecule has 0 spiro atoms. The van der Waals surface area contributed by atoms with E-state index in [1.807, 2.05) is 4.90 Å². The van der Waals surface area contributed by atoms with E-state index in [-0.39, 0.29) is 6.54 Å². The number of hydrogen-bond donors (Lipinski definition) is 0. The lowest BCUT2D eigenvalue weighted by molar-refractivity contribution is 0.0442. The lowest BCUT2D eigenvalue weighted by atomic mass is 10.2. The van der Waals surface area contributed by atoms with Crippen molar-refractivity contribution in [3.8, 4) is 0 Å². The highest BCUT2D eigenvalue weighted by atomic mass is 19.3. The Labute approximate surface area is 90.2 Å². The third-order valence-corrected chi connectivity index (χ3v) is 3.64. The second kappa shape index (κ2) is 5.21. The van der Waals surface area contributed by atoms with Crippen LogP contribution in [0, 0.1) is 0 Å². The molecule has 0 amide bonds. The van der Waals surface area contributed by atoms with Crippen LogP contribution in [0.15, 0.2) is 0 Å². The summed E-state index contributed by atoms with van der Waals surface area (Å²) < 4.78 is 24.3. The third kappa shape index (κ3) is 3.11. The van der Waals surface area contributed by atoms with E-state index in [0.29, 0.717) is 0 Å². The Morgan fingerprint density at radius 3 is 2.13 bits per heavy atom. The fraction of sp³-hybridized carbons (Fsp3) is 1.00. The highest BCUT2D eigenvalue weighted by Gasteiger charge is 2.26. The van der Waals surface area contributed by atoms with Gasteiger partial charge in [0.25, 0.3) is 6.43 Å². The van der Waals surface area contributed by atoms with Crippen molar-refractivity contribution in [2.24, 2.45) is 0 Å². The van der Waals surface area contributed by atoms with Crippen LogP contribution in [0.5, 0.6) is 0 Å². The number of alkyl halides is 2. The van der Waals surface area contributed by atoms with Gasteiger partial charge in [-0.3, -0.25) is 9.80 Å². The second-order valence-corrected chi connectivity index (χ2v) is 4.67. The SMILES string of the molecule is FC(F)CN1CCN(C2CCCC2)CC1. The Bertz CT molecular complexity index is 185. The summed E-state index contributed by atoms with van der Waals surface area (Å²) in [5.41, 5.74) is 0. The monoisotopic (exact) mass is 218 g/mol. The van der Waals surface area contributed by atoms with Crippen LogP contribution in [-0.2, 0) is 0 Å². The second-order valence-electron chi connectivity index (χ2n) is 4.67. The van der Waals surface area contributed by atoms with Gasteiger partial charge < -0.3 is 0 Å². The third-order valence-electron chi connectivity index (χ3n) is 3.64. The normalized spacial score (nSPS) is 26.6. The topological polar surface area (TPSA) is 6.48 Å². The Morgan fingerprint density at radius 2 is 1.60 bits per heavy atom. The largest absolute Gasteiger partial charge is 0.298 e. The average molecular weight is 218 g/mol. The highest BCUT2D eigenvalue weighted by Crippen LogP contribution is 2.24. The molecule has 0 aromatic heterocycles. The zero-order valence-corrected chi connectivity index (χ0v) is 9.17. The van der Waals surface area contributed by atoms with Crippen molar-refractivity contribution in [1.82, 2.24) is 9.80 Å². The maximum atomic E-state index is 12.2. The van der Waals surface area contributed by atoms with Crippen LogP contribution in [0.2, 0.25) is 0 Å². The van der Waals surface area contributed by atoms with Crippen molar-refractivity contribution in [3.05, 3.63) is 0 Å². The Kier molecular flexibility index (Phi) is 3.92. The van der Waals surface area contributed by atoms with Gasteiger partial charge in [-0.2, -0.15) is 0 Å². The minimum absolute atomic E-state index is 0.0431. The zero-order valence-electron chi connectivity index (χ0n) is 9.17. The van der Waals surface area contributed by atoms with Gasteiger partial charge in [-0.05, 0) is 12.8 Å². The molecule has 15 heavy (non-hydrogen) atoms. The first-order valence-corrected chi connectivity index (χ1v) is 6.00. The number of nitrogens with zero attached hydrogens (tertiary/aromatic N) is 2. The summed E-state index contributed by atoms with van der Waals surface area (Å²) in [7, 11) is 0. The van der Waals surface area contributed by atoms with Crippen molar-refractivity contribution in [1.29, 1.82) is 0 Å². The van der Waals surface area contributed by atoms with Crippen molar-refractivity contribution < 1.29 is 8.78 Å². The molecule has 0 atom stereocenters. The van der Waals surface area contributed by atoms with E-state index in [1.165, 1.54) is 25.7 Å². The molecule has 2 fully saturated rings. The fourth-order valence-corrected chi connectivity index (χ4v) is 2.78. The van der Waals surface area contributed by atoms with Crippen molar-refractivity contribution in [2.75, 3.05) is 32.7 Å². The molecule has 0 aromatic rings. The summed E-state index contributed by atoms with van der Waals surface area (Å²) in [4.78, 5) is 4.38. The molecule has 1 aliphatic carbocycles. The number of halogens is 2. The van der Waals surface area contributed by atoms with Crippen LogP contribution >= 0.6 is 0 Å². The molecule has 2 rings (SSSR count). The van der Waals surface area contributed by atoms with Gasteiger partial charge in [-0.15, -0.1) is 0 Å². The highest BCUT2D eigenvalue weighted by molar-refractivity contribution is 4.82. The number of piperazine rings is 1. The minimum atomic E-state index is -2.18. The van der Waals surface area contributed by atoms with E-state index in [1.54, 1.807) is 0 Å². The van der Waals surface area contributed by atoms with Crippen LogP contribution in [0.1, 0.15) is 25.7 Å². The van der Waals surface area contributed by atoms with Crippen LogP contribution in [0.25, 0.3) is 0 Å². The van der Waals surface area contributed by atoms with Crippen LogP contribution in [0.3, 0.4) is 0 Å². The van der Waals surface area contributed by atoms with Gasteiger partial charge in [0.2, 0.25) is 0 Å². The van der Waals surface area contributed by atoms with E-state index in [9.17, 15) is 8.78 Å². The molecule has 88 valence electrons. The summed E-state index contributed by atoms with van der Waals surface area (Å²) in [6, 6.07) is 0.749. The Balaban J connectivity index is 1.71. The molecular formula is C11H20F2N2. The quantitative estimate of drug-likeness (QED) is 0.713. The van der Waals surface area contributed by atoms with Gasteiger partial charge in [-0.1, -0.05) is 12.8 Å². The molecule has 1 heterocycles. The first kappa shape index (κ1) is 11.3. The van der Waals surface area contributed by atoms with Gasteiger partial charge in [0.15, 0.2) is 0 Å². The molecule has 1 saturated carbocycles.